The number of hydrogen-bond donors (Lipinski definition) is 1. The summed E-state index contributed by atoms with van der Waals surface area (Å²) >= 11 is 1.75. The number of nitrogens with one attached hydrogen (secondary N) is 1. The fraction of sp³-hybridized carbons (Fsp3) is 0.529. The molecule has 1 fully saturated rings. The lowest BCUT2D eigenvalue weighted by molar-refractivity contribution is 0.0849. The van der Waals surface area contributed by atoms with Gasteiger partial charge in [0.25, 0.3) is 5.91 Å². The van der Waals surface area contributed by atoms with E-state index in [-0.39, 0.29) is 17.8 Å². The summed E-state index contributed by atoms with van der Waals surface area (Å²) in [6, 6.07) is 0. The highest BCUT2D eigenvalue weighted by molar-refractivity contribution is 7.19. The minimum atomic E-state index is -0.253. The van der Waals surface area contributed by atoms with Crippen LogP contribution in [-0.4, -0.2) is 44.7 Å². The molecule has 1 amide bonds. The maximum absolute atomic E-state index is 12.4. The number of thiophene rings is 1. The third kappa shape index (κ3) is 2.60. The number of carbonyl (C=O) groups is 1. The summed E-state index contributed by atoms with van der Waals surface area (Å²) < 4.78 is 7.17. The van der Waals surface area contributed by atoms with Crippen molar-refractivity contribution in [3.05, 3.63) is 22.6 Å². The van der Waals surface area contributed by atoms with Crippen molar-refractivity contribution in [2.75, 3.05) is 13.2 Å². The third-order valence-corrected chi connectivity index (χ3v) is 6.21. The summed E-state index contributed by atoms with van der Waals surface area (Å²) in [5.41, 5.74) is 2.09. The van der Waals surface area contributed by atoms with E-state index >= 15 is 0 Å². The normalized spacial score (nSPS) is 20.2. The monoisotopic (exact) mass is 357 g/mol. The van der Waals surface area contributed by atoms with E-state index in [1.54, 1.807) is 22.2 Å². The second-order valence-corrected chi connectivity index (χ2v) is 7.77. The fourth-order valence-corrected chi connectivity index (χ4v) is 4.97. The van der Waals surface area contributed by atoms with Crippen molar-refractivity contribution in [1.29, 1.82) is 0 Å². The first kappa shape index (κ1) is 15.2. The second-order valence-electron chi connectivity index (χ2n) is 6.68. The Bertz CT molecular complexity index is 957. The van der Waals surface area contributed by atoms with E-state index in [0.717, 1.165) is 48.2 Å². The van der Waals surface area contributed by atoms with Crippen LogP contribution >= 0.6 is 11.3 Å². The highest BCUT2D eigenvalue weighted by atomic mass is 32.1. The Labute approximate surface area is 148 Å². The van der Waals surface area contributed by atoms with Crippen LogP contribution in [0.1, 0.15) is 46.7 Å². The molecule has 0 unspecified atom stereocenters. The van der Waals surface area contributed by atoms with Gasteiger partial charge in [0, 0.05) is 18.0 Å². The molecule has 1 aliphatic heterocycles. The molecule has 0 spiro atoms. The molecule has 2 aliphatic rings. The molecule has 5 rings (SSSR count). The van der Waals surface area contributed by atoms with Crippen LogP contribution in [0.2, 0.25) is 0 Å². The van der Waals surface area contributed by atoms with E-state index in [4.69, 9.17) is 4.74 Å². The van der Waals surface area contributed by atoms with E-state index in [9.17, 15) is 4.79 Å². The molecule has 3 aromatic heterocycles. The highest BCUT2D eigenvalue weighted by Gasteiger charge is 2.23. The average molecular weight is 357 g/mol. The standard InChI is InChI=1S/C17H19N5O2S/c23-16(18-8-10-4-3-7-24-10)14-20-15-13-11-5-1-2-6-12(11)25-17(13)19-9-22(15)21-14/h9-10H,1-8H2,(H,18,23)/t10-/m1/s1. The molecule has 1 aliphatic carbocycles. The fourth-order valence-electron chi connectivity index (χ4n) is 3.74. The molecule has 7 nitrogen and oxygen atoms in total. The van der Waals surface area contributed by atoms with Gasteiger partial charge in [-0.2, -0.15) is 0 Å². The maximum Gasteiger partial charge on any atom is 0.291 e. The Morgan fingerprint density at radius 2 is 2.28 bits per heavy atom. The van der Waals surface area contributed by atoms with Gasteiger partial charge in [0.1, 0.15) is 11.2 Å². The second kappa shape index (κ2) is 6.03. The summed E-state index contributed by atoms with van der Waals surface area (Å²) in [5.74, 6) is -0.0560. The molecular formula is C17H19N5O2S. The predicted octanol–water partition coefficient (Wildman–Crippen LogP) is 2.13. The summed E-state index contributed by atoms with van der Waals surface area (Å²) in [7, 11) is 0. The first-order chi connectivity index (χ1) is 12.3. The number of aromatic nitrogens is 4. The van der Waals surface area contributed by atoms with Crippen molar-refractivity contribution in [3.63, 3.8) is 0 Å². The van der Waals surface area contributed by atoms with Gasteiger partial charge in [-0.1, -0.05) is 0 Å². The van der Waals surface area contributed by atoms with Crippen LogP contribution in [0, 0.1) is 0 Å². The molecule has 8 heteroatoms. The Hall–Kier alpha value is -2.06. The largest absolute Gasteiger partial charge is 0.376 e. The third-order valence-electron chi connectivity index (χ3n) is 5.01. The van der Waals surface area contributed by atoms with Crippen molar-refractivity contribution in [2.24, 2.45) is 0 Å². The van der Waals surface area contributed by atoms with Crippen molar-refractivity contribution in [3.8, 4) is 0 Å². The van der Waals surface area contributed by atoms with Gasteiger partial charge < -0.3 is 10.1 Å². The molecule has 3 aromatic rings. The van der Waals surface area contributed by atoms with Gasteiger partial charge >= 0.3 is 0 Å². The number of fused-ring (bicyclic) bond motifs is 5. The predicted molar refractivity (Wildman–Crippen MR) is 94.1 cm³/mol. The minimum Gasteiger partial charge on any atom is -0.376 e. The molecule has 4 heterocycles. The van der Waals surface area contributed by atoms with E-state index in [1.807, 2.05) is 0 Å². The maximum atomic E-state index is 12.4. The van der Waals surface area contributed by atoms with Gasteiger partial charge in [0.05, 0.1) is 11.5 Å². The topological polar surface area (TPSA) is 81.4 Å². The van der Waals surface area contributed by atoms with Crippen LogP contribution in [-0.2, 0) is 17.6 Å². The molecule has 0 radical (unpaired) electrons. The number of rotatable bonds is 3. The van der Waals surface area contributed by atoms with Gasteiger partial charge in [0.15, 0.2) is 5.65 Å². The molecule has 0 bridgehead atoms. The van der Waals surface area contributed by atoms with Crippen LogP contribution in [0.5, 0.6) is 0 Å². The Morgan fingerprint density at radius 3 is 3.16 bits per heavy atom. The lowest BCUT2D eigenvalue weighted by atomic mass is 9.97. The van der Waals surface area contributed by atoms with Crippen LogP contribution in [0.25, 0.3) is 15.9 Å². The van der Waals surface area contributed by atoms with E-state index < -0.39 is 0 Å². The van der Waals surface area contributed by atoms with Gasteiger partial charge in [-0.15, -0.1) is 16.4 Å². The van der Waals surface area contributed by atoms with E-state index in [2.05, 4.69) is 20.4 Å². The zero-order chi connectivity index (χ0) is 16.8. The zero-order valence-corrected chi connectivity index (χ0v) is 14.6. The number of carbonyl (C=O) groups excluding carboxylic acids is 1. The molecule has 1 saturated heterocycles. The van der Waals surface area contributed by atoms with Crippen molar-refractivity contribution >= 4 is 33.1 Å². The molecular weight excluding hydrogens is 338 g/mol. The van der Waals surface area contributed by atoms with E-state index in [0.29, 0.717) is 6.54 Å². The summed E-state index contributed by atoms with van der Waals surface area (Å²) in [6.45, 7) is 1.29. The van der Waals surface area contributed by atoms with Crippen LogP contribution in [0.15, 0.2) is 6.33 Å². The number of ether oxygens (including phenoxy) is 1. The minimum absolute atomic E-state index is 0.109. The quantitative estimate of drug-likeness (QED) is 0.776. The first-order valence-electron chi connectivity index (χ1n) is 8.85. The Balaban J connectivity index is 1.49. The zero-order valence-electron chi connectivity index (χ0n) is 13.8. The van der Waals surface area contributed by atoms with Gasteiger partial charge in [-0.3, -0.25) is 4.79 Å². The first-order valence-corrected chi connectivity index (χ1v) is 9.66. The SMILES string of the molecule is O=C(NC[C@H]1CCCO1)c1nc2c3c4c(sc3ncn2n1)CCCC4. The van der Waals surface area contributed by atoms with Crippen molar-refractivity contribution in [2.45, 2.75) is 44.6 Å². The highest BCUT2D eigenvalue weighted by Crippen LogP contribution is 2.36. The number of amides is 1. The average Bonchev–Trinajstić information content (AvgIpc) is 3.35. The lowest BCUT2D eigenvalue weighted by Gasteiger charge is -2.09. The molecule has 1 N–H and O–H groups in total. The molecule has 25 heavy (non-hydrogen) atoms. The van der Waals surface area contributed by atoms with Gasteiger partial charge in [0.2, 0.25) is 5.82 Å². The Kier molecular flexibility index (Phi) is 3.67. The number of aryl methyl sites for hydroxylation is 2. The van der Waals surface area contributed by atoms with Crippen LogP contribution < -0.4 is 5.32 Å². The molecule has 0 aromatic carbocycles. The molecule has 130 valence electrons. The van der Waals surface area contributed by atoms with Crippen molar-refractivity contribution < 1.29 is 9.53 Å². The smallest absolute Gasteiger partial charge is 0.291 e. The molecule has 0 saturated carbocycles. The van der Waals surface area contributed by atoms with Crippen LogP contribution in [0.3, 0.4) is 0 Å². The van der Waals surface area contributed by atoms with Crippen molar-refractivity contribution in [1.82, 2.24) is 24.9 Å². The van der Waals surface area contributed by atoms with Gasteiger partial charge in [-0.25, -0.2) is 14.5 Å². The Morgan fingerprint density at radius 1 is 1.36 bits per heavy atom. The van der Waals surface area contributed by atoms with E-state index in [1.165, 1.54) is 23.3 Å². The lowest BCUT2D eigenvalue weighted by Crippen LogP contribution is -2.32. The number of hydrogen-bond acceptors (Lipinski definition) is 6. The summed E-state index contributed by atoms with van der Waals surface area (Å²) in [6.07, 6.45) is 8.42. The number of nitrogens with zero attached hydrogens (tertiary/aromatic N) is 4. The summed E-state index contributed by atoms with van der Waals surface area (Å²) in [5, 5.41) is 8.29. The summed E-state index contributed by atoms with van der Waals surface area (Å²) in [4.78, 5) is 23.9. The van der Waals surface area contributed by atoms with Gasteiger partial charge in [-0.05, 0) is 44.1 Å². The molecule has 1 atom stereocenters. The van der Waals surface area contributed by atoms with Crippen LogP contribution in [0.4, 0.5) is 0 Å².